The van der Waals surface area contributed by atoms with Crippen LogP contribution in [0.4, 0.5) is 52.9 Å². The third kappa shape index (κ3) is 44.0. The van der Waals surface area contributed by atoms with Gasteiger partial charge in [-0.3, -0.25) is 81.6 Å². The Balaban J connectivity index is 0.000000726. The molecule has 0 radical (unpaired) electrons. The average Bonchev–Trinajstić information content (AvgIpc) is 1.74. The summed E-state index contributed by atoms with van der Waals surface area (Å²) in [5.74, 6) is 12.2. The summed E-state index contributed by atoms with van der Waals surface area (Å²) in [5.41, 5.74) is 97.0. The molecule has 0 aromatic carbocycles. The number of rotatable bonds is 9. The van der Waals surface area contributed by atoms with Crippen molar-refractivity contribution in [3.8, 4) is 0 Å². The molecule has 9 aromatic heterocycles. The zero-order valence-electron chi connectivity index (χ0n) is 75.9. The largest absolute Gasteiger partial charge is 0.446 e. The molecule has 0 aliphatic rings. The average molecular weight is 1800 g/mol. The maximum Gasteiger partial charge on any atom is 0.230 e. The number of nitrogens with zero attached hydrogens (tertiary/aromatic N) is 21. The van der Waals surface area contributed by atoms with Crippen molar-refractivity contribution < 1.29 is 35.3 Å². The first-order chi connectivity index (χ1) is 60.3. The summed E-state index contributed by atoms with van der Waals surface area (Å²) in [6.07, 6.45) is 0. The standard InChI is InChI=1S/C9H16N6.3C9H15N5O.4C8H13N5O.C7H11N5O/c1-6-4-5-7(12-6)13-8(10)14-9(11)15(2)3;1-6-4-5-7(15-6)14(3)9(11)13-8(10)12-2;1-6-4-5-7(15-6)13(2)9(12)14(3)8(10)11;1-6-4-5-7(15-6)14(3)9(12-2)13-8(10)11;1-5-3-4-6(14-5)12-8(10)13-7(9)11-2;1-5-3-4-6(14-5)13(2)8(11)12-7(9)10;1-5-3-4-6(14-5)12-8(11)13(2)7(9)10;1-5-3-4-6(14-5)12-8(11-2)13-7(9)10;1-4-2-3-5(13-4)11-7(10)12-6(8)9/h4-5,12H,1-3H3,(H4,10,11,13,14);4-5H,1-3H3,(H4,10,11,12,13);4-5,12H,1-3H3,(H3,10,11);4-5H,1-3H3,(H4,10,11,12,13);3-4H,1-2H3,(H5,9,10,11,12,13);3-4H,1-2H3,(H5,9,10,11,12);3-4H,1-2H3,(H3,9,10)(H2,11,12);3-4H,1-2H3,(H5,9,10,11,12,13);2-3H,1H3,(H6,8,9,10,11,12). The highest BCUT2D eigenvalue weighted by molar-refractivity contribution is 6.05. The number of nitrogens with two attached hydrogens (primary N) is 18. The summed E-state index contributed by atoms with van der Waals surface area (Å²) in [5, 5.41) is 34.9. The van der Waals surface area contributed by atoms with Crippen molar-refractivity contribution in [2.24, 2.45) is 173 Å². The van der Waals surface area contributed by atoms with Crippen LogP contribution in [-0.2, 0) is 0 Å². The van der Waals surface area contributed by atoms with E-state index in [4.69, 9.17) is 160 Å². The number of aliphatic imine (C=N–C) groups is 14. The Labute approximate surface area is 745 Å². The SMILES string of the molecule is CN=C(N)N=C(N)N(C)c1ccc(C)o1.CN=C(N)NC(N)=Nc1ccc(C)o1.CN=C(N=C(N)N)N(C)c1ccc(C)o1.CN=C(N=C(N)N)Nc1ccc(C)o1.Cc1ccc(N(C)C(=N)N(C)C(=N)N)o1.Cc1ccc(N(C)C(=N)N=C(N)N)o1.Cc1ccc(N=C(N)N(C)C(=N)N)o1.Cc1ccc(N=C(N)N=C(N)N(C)C)[nH]1.Cc1ccc(N=C(N)N=C(N)N)o1. The van der Waals surface area contributed by atoms with Gasteiger partial charge in [-0.15, -0.1) is 0 Å². The van der Waals surface area contributed by atoms with Gasteiger partial charge in [-0.1, -0.05) is 0 Å². The normalized spacial score (nSPS) is 11.5. The Morgan fingerprint density at radius 1 is 0.326 bits per heavy atom. The van der Waals surface area contributed by atoms with Gasteiger partial charge in [-0.05, 0) is 123 Å². The van der Waals surface area contributed by atoms with Gasteiger partial charge >= 0.3 is 0 Å². The first kappa shape index (κ1) is 109. The molecule has 0 aliphatic carbocycles. The van der Waals surface area contributed by atoms with Crippen LogP contribution in [0.25, 0.3) is 0 Å². The third-order valence-corrected chi connectivity index (χ3v) is 14.8. The van der Waals surface area contributed by atoms with Crippen LogP contribution in [0.5, 0.6) is 0 Å². The van der Waals surface area contributed by atoms with Gasteiger partial charge in [-0.25, -0.2) is 0 Å². The summed E-state index contributed by atoms with van der Waals surface area (Å²) in [4.78, 5) is 66.7. The van der Waals surface area contributed by atoms with Gasteiger partial charge in [-0.2, -0.15) is 49.9 Å². The highest BCUT2D eigenvalue weighted by atomic mass is 16.4. The monoisotopic (exact) mass is 1800 g/mol. The molecule has 9 rings (SSSR count). The Hall–Kier alpha value is -17.8. The van der Waals surface area contributed by atoms with Crippen LogP contribution < -0.4 is 133 Å². The third-order valence-electron chi connectivity index (χ3n) is 14.8. The van der Waals surface area contributed by atoms with E-state index in [1.54, 1.807) is 173 Å². The predicted molar refractivity (Wildman–Crippen MR) is 515 cm³/mol. The van der Waals surface area contributed by atoms with E-state index in [0.29, 0.717) is 70.8 Å². The number of guanidine groups is 18. The Morgan fingerprint density at radius 3 is 1.09 bits per heavy atom. The van der Waals surface area contributed by atoms with E-state index in [0.717, 1.165) is 51.8 Å². The lowest BCUT2D eigenvalue weighted by atomic mass is 10.5. The molecule has 54 heteroatoms. The van der Waals surface area contributed by atoms with Crippen molar-refractivity contribution in [1.29, 1.82) is 21.6 Å². The van der Waals surface area contributed by atoms with Gasteiger partial charge in [0.15, 0.2) is 53.6 Å². The molecule has 0 fully saturated rings. The minimum absolute atomic E-state index is 0.0330. The predicted octanol–water partition coefficient (Wildman–Crippen LogP) is 2.22. The lowest BCUT2D eigenvalue weighted by molar-refractivity contribution is 0.534. The number of hydrogen-bond acceptors (Lipinski definition) is 20. The molecular weight excluding hydrogens is 1670 g/mol. The molecule has 0 saturated carbocycles. The number of aryl methyl sites for hydroxylation is 9. The number of hydrogen-bond donors (Lipinski definition) is 25. The fourth-order valence-corrected chi connectivity index (χ4v) is 8.15. The highest BCUT2D eigenvalue weighted by Crippen LogP contribution is 2.22. The van der Waals surface area contributed by atoms with Crippen LogP contribution in [0.2, 0.25) is 0 Å². The topological polar surface area (TPSA) is 904 Å². The Bertz CT molecular complexity index is 5460. The van der Waals surface area contributed by atoms with Crippen molar-refractivity contribution in [2.75, 3.05) is 109 Å². The van der Waals surface area contributed by atoms with E-state index < -0.39 is 0 Å². The van der Waals surface area contributed by atoms with Crippen LogP contribution >= 0.6 is 0 Å². The summed E-state index contributed by atoms with van der Waals surface area (Å²) in [6, 6.07) is 32.2. The fourth-order valence-electron chi connectivity index (χ4n) is 8.15. The first-order valence-corrected chi connectivity index (χ1v) is 37.3. The minimum Gasteiger partial charge on any atom is -0.446 e. The number of nitrogens with one attached hydrogen (secondary N) is 7. The lowest BCUT2D eigenvalue weighted by Gasteiger charge is -2.24. The van der Waals surface area contributed by atoms with Crippen molar-refractivity contribution in [2.45, 2.75) is 62.3 Å². The van der Waals surface area contributed by atoms with Crippen molar-refractivity contribution in [1.82, 2.24) is 25.0 Å². The maximum absolute atomic E-state index is 7.75. The molecule has 129 heavy (non-hydrogen) atoms. The molecule has 0 aliphatic heterocycles. The molecule has 0 saturated heterocycles. The molecule has 0 spiro atoms. The number of aromatic nitrogens is 1. The second-order valence-corrected chi connectivity index (χ2v) is 25.8. The number of furan rings is 8. The van der Waals surface area contributed by atoms with E-state index in [1.807, 2.05) is 97.9 Å². The van der Waals surface area contributed by atoms with Gasteiger partial charge in [0.1, 0.15) is 51.9 Å². The molecule has 9 heterocycles. The smallest absolute Gasteiger partial charge is 0.230 e. The zero-order chi connectivity index (χ0) is 98.2. The molecule has 9 aromatic rings. The number of H-pyrrole nitrogens is 1. The van der Waals surface area contributed by atoms with Crippen LogP contribution in [-0.4, -0.2) is 212 Å². The summed E-state index contributed by atoms with van der Waals surface area (Å²) in [7, 11) is 19.8. The summed E-state index contributed by atoms with van der Waals surface area (Å²) >= 11 is 0. The highest BCUT2D eigenvalue weighted by Gasteiger charge is 2.18. The van der Waals surface area contributed by atoms with E-state index in [1.165, 1.54) is 19.6 Å². The van der Waals surface area contributed by atoms with Gasteiger partial charge in [0.2, 0.25) is 101 Å². The molecule has 0 unspecified atom stereocenters. The van der Waals surface area contributed by atoms with Crippen LogP contribution in [0, 0.1) is 84.0 Å². The first-order valence-electron chi connectivity index (χ1n) is 37.3. The quantitative estimate of drug-likeness (QED) is 0.0727. The van der Waals surface area contributed by atoms with Crippen molar-refractivity contribution >= 4 is 160 Å². The second-order valence-electron chi connectivity index (χ2n) is 25.8. The van der Waals surface area contributed by atoms with E-state index in [9.17, 15) is 0 Å². The van der Waals surface area contributed by atoms with Crippen molar-refractivity contribution in [3.63, 3.8) is 0 Å². The van der Waals surface area contributed by atoms with E-state index >= 15 is 0 Å². The molecule has 54 nitrogen and oxygen atoms in total. The van der Waals surface area contributed by atoms with Gasteiger partial charge < -0.3 is 148 Å². The van der Waals surface area contributed by atoms with Crippen LogP contribution in [0.3, 0.4) is 0 Å². The lowest BCUT2D eigenvalue weighted by Crippen LogP contribution is -2.45. The fraction of sp³-hybridized carbons (Fsp3) is 0.280. The summed E-state index contributed by atoms with van der Waals surface area (Å²) < 4.78 is 42.1. The molecule has 702 valence electrons. The van der Waals surface area contributed by atoms with Crippen molar-refractivity contribution in [3.05, 3.63) is 161 Å². The molecule has 0 amide bonds. The Kier molecular flexibility index (Phi) is 46.8. The summed E-state index contributed by atoms with van der Waals surface area (Å²) in [6.45, 7) is 16.6. The van der Waals surface area contributed by atoms with E-state index in [2.05, 4.69) is 85.5 Å². The number of aromatic amines is 1. The molecule has 0 atom stereocenters. The second kappa shape index (κ2) is 55.3. The maximum atomic E-state index is 7.75. The van der Waals surface area contributed by atoms with Crippen LogP contribution in [0.1, 0.15) is 51.8 Å². The van der Waals surface area contributed by atoms with Gasteiger partial charge in [0.05, 0.1) is 0 Å². The molecule has 43 N–H and O–H groups in total. The van der Waals surface area contributed by atoms with Gasteiger partial charge in [0, 0.05) is 139 Å². The van der Waals surface area contributed by atoms with Crippen LogP contribution in [0.15, 0.2) is 214 Å². The number of anilines is 5. The van der Waals surface area contributed by atoms with E-state index in [-0.39, 0.29) is 89.4 Å². The zero-order valence-corrected chi connectivity index (χ0v) is 75.9. The minimum atomic E-state index is -0.185. The molecule has 0 bridgehead atoms. The van der Waals surface area contributed by atoms with Gasteiger partial charge in [0.25, 0.3) is 0 Å². The Morgan fingerprint density at radius 2 is 0.721 bits per heavy atom. The molecular formula is C75H124N46O8.